The predicted molar refractivity (Wildman–Crippen MR) is 161 cm³/mol. The van der Waals surface area contributed by atoms with Gasteiger partial charge >= 0.3 is 5.97 Å². The first-order chi connectivity index (χ1) is 19.8. The van der Waals surface area contributed by atoms with Crippen molar-refractivity contribution < 1.29 is 24.2 Å². The fraction of sp³-hybridized carbons (Fsp3) is 0.424. The Hall–Kier alpha value is -3.36. The van der Waals surface area contributed by atoms with E-state index in [0.717, 1.165) is 22.4 Å². The van der Waals surface area contributed by atoms with Crippen molar-refractivity contribution in [3.05, 3.63) is 90.5 Å². The molecule has 0 aromatic heterocycles. The van der Waals surface area contributed by atoms with Crippen LogP contribution >= 0.6 is 11.8 Å². The molecule has 6 atom stereocenters. The summed E-state index contributed by atoms with van der Waals surface area (Å²) < 4.78 is 4.80. The van der Waals surface area contributed by atoms with Gasteiger partial charge in [-0.1, -0.05) is 54.6 Å². The first-order valence-electron chi connectivity index (χ1n) is 14.2. The van der Waals surface area contributed by atoms with Gasteiger partial charge in [0.1, 0.15) is 6.04 Å². The van der Waals surface area contributed by atoms with Gasteiger partial charge in [0, 0.05) is 17.5 Å². The Morgan fingerprint density at radius 1 is 1.20 bits per heavy atom. The second kappa shape index (κ2) is 11.9. The third kappa shape index (κ3) is 4.91. The predicted octanol–water partition coefficient (Wildman–Crippen LogP) is 4.77. The molecule has 0 aliphatic carbocycles. The number of thioether (sulfide) groups is 1. The molecule has 0 saturated carbocycles. The first kappa shape index (κ1) is 29.1. The van der Waals surface area contributed by atoms with E-state index in [1.165, 1.54) is 0 Å². The van der Waals surface area contributed by atoms with Crippen LogP contribution in [0.2, 0.25) is 0 Å². The van der Waals surface area contributed by atoms with E-state index < -0.39 is 34.6 Å². The fourth-order valence-electron chi connectivity index (χ4n) is 6.94. The number of aliphatic hydroxyl groups is 1. The summed E-state index contributed by atoms with van der Waals surface area (Å²) in [6.45, 7) is 11.7. The topological polar surface area (TPSA) is 87.1 Å². The van der Waals surface area contributed by atoms with Crippen LogP contribution < -0.4 is 4.90 Å². The summed E-state index contributed by atoms with van der Waals surface area (Å²) in [5, 5.41) is 10.6. The number of fused-ring (bicyclic) bond motifs is 1. The highest BCUT2D eigenvalue weighted by Crippen LogP contribution is 2.67. The molecule has 41 heavy (non-hydrogen) atoms. The zero-order valence-corrected chi connectivity index (χ0v) is 24.5. The fourth-order valence-corrected chi connectivity index (χ4v) is 9.12. The van der Waals surface area contributed by atoms with Crippen molar-refractivity contribution in [1.29, 1.82) is 0 Å². The third-order valence-corrected chi connectivity index (χ3v) is 10.7. The quantitative estimate of drug-likeness (QED) is 0.237. The molecule has 5 rings (SSSR count). The number of nitrogens with zero attached hydrogens (tertiary/aromatic N) is 2. The van der Waals surface area contributed by atoms with Gasteiger partial charge in [0.15, 0.2) is 0 Å². The van der Waals surface area contributed by atoms with Crippen LogP contribution in [0, 0.1) is 25.7 Å². The summed E-state index contributed by atoms with van der Waals surface area (Å²) in [6.07, 6.45) is 5.25. The Morgan fingerprint density at radius 3 is 2.63 bits per heavy atom. The van der Waals surface area contributed by atoms with Gasteiger partial charge in [0.05, 0.1) is 35.8 Å². The number of carbonyl (C=O) groups excluding carboxylic acids is 3. The molecule has 3 saturated heterocycles. The molecule has 2 aromatic carbocycles. The zero-order valence-electron chi connectivity index (χ0n) is 23.7. The van der Waals surface area contributed by atoms with Gasteiger partial charge in [-0.3, -0.25) is 14.4 Å². The second-order valence-electron chi connectivity index (χ2n) is 11.2. The molecule has 3 fully saturated rings. The largest absolute Gasteiger partial charge is 0.465 e. The summed E-state index contributed by atoms with van der Waals surface area (Å²) in [4.78, 5) is 46.1. The normalized spacial score (nSPS) is 26.9. The van der Waals surface area contributed by atoms with E-state index in [-0.39, 0.29) is 36.8 Å². The van der Waals surface area contributed by atoms with Gasteiger partial charge in [-0.2, -0.15) is 0 Å². The van der Waals surface area contributed by atoms with Crippen LogP contribution in [0.1, 0.15) is 42.0 Å². The van der Waals surface area contributed by atoms with E-state index in [4.69, 9.17) is 4.74 Å². The number of aryl methyl sites for hydroxylation is 2. The van der Waals surface area contributed by atoms with Crippen LogP contribution in [-0.2, 0) is 19.1 Å². The number of rotatable bonds is 11. The molecule has 3 aliphatic rings. The number of carbonyl (C=O) groups is 3. The Labute approximate surface area is 246 Å². The number of aliphatic hydroxyl groups excluding tert-OH is 1. The average molecular weight is 575 g/mol. The van der Waals surface area contributed by atoms with Crippen molar-refractivity contribution in [3.63, 3.8) is 0 Å². The summed E-state index contributed by atoms with van der Waals surface area (Å²) in [5.41, 5.74) is 3.45. The number of esters is 1. The van der Waals surface area contributed by atoms with E-state index in [1.807, 2.05) is 62.4 Å². The van der Waals surface area contributed by atoms with E-state index in [9.17, 15) is 19.5 Å². The summed E-state index contributed by atoms with van der Waals surface area (Å²) in [7, 11) is 0. The Balaban J connectivity index is 1.63. The molecular weight excluding hydrogens is 536 g/mol. The number of hydrogen-bond donors (Lipinski definition) is 1. The highest BCUT2D eigenvalue weighted by atomic mass is 32.2. The maximum Gasteiger partial charge on any atom is 0.310 e. The lowest BCUT2D eigenvalue weighted by Crippen LogP contribution is -2.56. The van der Waals surface area contributed by atoms with Crippen LogP contribution in [0.25, 0.3) is 0 Å². The second-order valence-corrected chi connectivity index (χ2v) is 12.8. The molecule has 3 aliphatic heterocycles. The lowest BCUT2D eigenvalue weighted by atomic mass is 9.71. The Kier molecular flexibility index (Phi) is 8.43. The van der Waals surface area contributed by atoms with Gasteiger partial charge in [0.25, 0.3) is 5.91 Å². The highest BCUT2D eigenvalue weighted by molar-refractivity contribution is 8.02. The monoisotopic (exact) mass is 574 g/mol. The van der Waals surface area contributed by atoms with Crippen molar-refractivity contribution in [1.82, 2.24) is 4.90 Å². The van der Waals surface area contributed by atoms with Crippen LogP contribution in [0.15, 0.2) is 73.8 Å². The molecule has 1 N–H and O–H groups in total. The van der Waals surface area contributed by atoms with Crippen molar-refractivity contribution >= 4 is 35.2 Å². The summed E-state index contributed by atoms with van der Waals surface area (Å²) >= 11 is 1.59. The molecule has 0 radical (unpaired) electrons. The molecule has 7 nitrogen and oxygen atoms in total. The minimum Gasteiger partial charge on any atom is -0.465 e. The molecule has 216 valence electrons. The van der Waals surface area contributed by atoms with Gasteiger partial charge in [0.2, 0.25) is 5.91 Å². The van der Waals surface area contributed by atoms with Gasteiger partial charge in [-0.25, -0.2) is 0 Å². The minimum atomic E-state index is -0.877. The number of amides is 2. The van der Waals surface area contributed by atoms with Crippen molar-refractivity contribution in [3.8, 4) is 0 Å². The number of ether oxygens (including phenoxy) is 1. The molecule has 1 spiro atoms. The maximum absolute atomic E-state index is 14.9. The smallest absolute Gasteiger partial charge is 0.310 e. The average Bonchev–Trinajstić information content (AvgIpc) is 3.62. The summed E-state index contributed by atoms with van der Waals surface area (Å²) in [6, 6.07) is 13.7. The van der Waals surface area contributed by atoms with E-state index in [0.29, 0.717) is 19.3 Å². The van der Waals surface area contributed by atoms with Gasteiger partial charge in [-0.15, -0.1) is 24.9 Å². The standard InChI is InChI=1S/C33H38N2O5S/c1-5-7-18-40-32(39)27-26-15-16-33(41-26)28(27)30(37)35(25(20-36)23-11-9-8-10-12-23)29(33)31(38)34(17-6-2)24-19-21(3)13-14-22(24)4/h5-6,8-14,19,25-29,36H,1-2,7,15-18,20H2,3-4H3/t25-,26-,27+,28+,29?,33?/m1/s1. The van der Waals surface area contributed by atoms with Gasteiger partial charge in [-0.05, 0) is 55.9 Å². The number of anilines is 1. The van der Waals surface area contributed by atoms with E-state index >= 15 is 0 Å². The van der Waals surface area contributed by atoms with Crippen molar-refractivity contribution in [2.45, 2.75) is 55.2 Å². The van der Waals surface area contributed by atoms with E-state index in [2.05, 4.69) is 13.2 Å². The molecule has 2 bridgehead atoms. The molecular formula is C33H38N2O5S. The lowest BCUT2D eigenvalue weighted by molar-refractivity contribution is -0.154. The number of hydrogen-bond acceptors (Lipinski definition) is 6. The lowest BCUT2D eigenvalue weighted by Gasteiger charge is -2.40. The molecule has 2 amide bonds. The van der Waals surface area contributed by atoms with Crippen LogP contribution in [0.5, 0.6) is 0 Å². The zero-order chi connectivity index (χ0) is 29.3. The molecule has 8 heteroatoms. The minimum absolute atomic E-state index is 0.101. The van der Waals surface area contributed by atoms with Gasteiger partial charge < -0.3 is 19.6 Å². The molecule has 3 heterocycles. The highest BCUT2D eigenvalue weighted by Gasteiger charge is 2.75. The first-order valence-corrected chi connectivity index (χ1v) is 15.1. The molecule has 2 unspecified atom stereocenters. The van der Waals surface area contributed by atoms with E-state index in [1.54, 1.807) is 33.7 Å². The number of benzene rings is 2. The Bertz CT molecular complexity index is 1350. The maximum atomic E-state index is 14.9. The van der Waals surface area contributed by atoms with Crippen molar-refractivity contribution in [2.75, 3.05) is 24.7 Å². The molecule has 2 aromatic rings. The van der Waals surface area contributed by atoms with Crippen LogP contribution in [0.4, 0.5) is 5.69 Å². The van der Waals surface area contributed by atoms with Crippen molar-refractivity contribution in [2.24, 2.45) is 11.8 Å². The Morgan fingerprint density at radius 2 is 1.95 bits per heavy atom. The summed E-state index contributed by atoms with van der Waals surface area (Å²) in [5.74, 6) is -2.24. The van der Waals surface area contributed by atoms with Crippen LogP contribution in [-0.4, -0.2) is 63.6 Å². The van der Waals surface area contributed by atoms with Crippen LogP contribution in [0.3, 0.4) is 0 Å². The number of likely N-dealkylation sites (tertiary alicyclic amines) is 1. The third-order valence-electron chi connectivity index (χ3n) is 8.74. The SMILES string of the molecule is C=CCCOC(=O)[C@@H]1[C@H]2C(=O)N([C@H](CO)c3ccccc3)C(C(=O)N(CC=C)c3cc(C)ccc3C)C23CC[C@H]1S3.